The molecule has 154 valence electrons. The Hall–Kier alpha value is -1.60. The van der Waals surface area contributed by atoms with Crippen LogP contribution in [0, 0.1) is 5.92 Å². The first-order chi connectivity index (χ1) is 13.3. The molecule has 0 aromatic heterocycles. The van der Waals surface area contributed by atoms with E-state index in [4.69, 9.17) is 0 Å². The fourth-order valence-electron chi connectivity index (χ4n) is 4.44. The normalized spacial score (nSPS) is 28.8. The molecule has 4 rings (SSSR count). The van der Waals surface area contributed by atoms with E-state index in [0.29, 0.717) is 17.4 Å². The summed E-state index contributed by atoms with van der Waals surface area (Å²) >= 11 is 0. The lowest BCUT2D eigenvalue weighted by Crippen LogP contribution is -2.56. The van der Waals surface area contributed by atoms with Crippen LogP contribution in [0.25, 0.3) is 0 Å². The third-order valence-corrected chi connectivity index (χ3v) is 8.33. The lowest BCUT2D eigenvalue weighted by Gasteiger charge is -2.45. The lowest BCUT2D eigenvalue weighted by atomic mass is 9.80. The van der Waals surface area contributed by atoms with Crippen LogP contribution < -0.4 is 5.32 Å². The van der Waals surface area contributed by atoms with E-state index in [1.165, 1.54) is 12.8 Å². The second-order valence-electron chi connectivity index (χ2n) is 8.81. The van der Waals surface area contributed by atoms with Gasteiger partial charge in [-0.15, -0.1) is 0 Å². The van der Waals surface area contributed by atoms with Gasteiger partial charge in [0.2, 0.25) is 9.84 Å². The zero-order valence-electron chi connectivity index (χ0n) is 17.1. The first-order valence-electron chi connectivity index (χ1n) is 10.5. The highest BCUT2D eigenvalue weighted by molar-refractivity contribution is 7.92. The van der Waals surface area contributed by atoms with Crippen LogP contribution >= 0.6 is 0 Å². The van der Waals surface area contributed by atoms with Crippen molar-refractivity contribution in [3.63, 3.8) is 0 Å². The zero-order valence-corrected chi connectivity index (χ0v) is 18.0. The van der Waals surface area contributed by atoms with E-state index in [2.05, 4.69) is 40.9 Å². The maximum Gasteiger partial charge on any atom is 0.203 e. The van der Waals surface area contributed by atoms with Crippen LogP contribution in [0.3, 0.4) is 0 Å². The van der Waals surface area contributed by atoms with Crippen molar-refractivity contribution < 1.29 is 8.42 Å². The number of hydrogen-bond acceptors (Lipinski definition) is 6. The molecule has 1 saturated carbocycles. The van der Waals surface area contributed by atoms with Gasteiger partial charge in [-0.2, -0.15) is 0 Å². The third-order valence-electron chi connectivity index (χ3n) is 6.41. The Labute approximate surface area is 168 Å². The van der Waals surface area contributed by atoms with E-state index in [-0.39, 0.29) is 0 Å². The van der Waals surface area contributed by atoms with Crippen LogP contribution in [0.1, 0.15) is 45.1 Å². The number of nitrogens with one attached hydrogen (secondary N) is 1. The molecule has 6 nitrogen and oxygen atoms in total. The van der Waals surface area contributed by atoms with Crippen LogP contribution in [0.2, 0.25) is 0 Å². The summed E-state index contributed by atoms with van der Waals surface area (Å²) in [7, 11) is -3.47. The number of hydrogen-bond donors (Lipinski definition) is 1. The van der Waals surface area contributed by atoms with Crippen LogP contribution in [-0.2, 0) is 9.84 Å². The Kier molecular flexibility index (Phi) is 5.40. The standard InChI is InChI=1S/C21H32N4O2S/c1-15(2)17-4-6-19(7-5-17)28(26,27)20-14-22-21(23-20)25-10-8-24(9-11-25)18-12-16(3)13-18/h4-7,15-16,18,20H,8-14H2,1-3H3,(H,22,23). The SMILES string of the molecule is CC1CC(N2CCN(C3=NC(S(=O)(=O)c4ccc(C(C)C)cc4)CN3)CC2)C1. The summed E-state index contributed by atoms with van der Waals surface area (Å²) in [5, 5.41) is 2.50. The molecule has 3 aliphatic rings. The van der Waals surface area contributed by atoms with Crippen molar-refractivity contribution in [1.82, 2.24) is 15.1 Å². The third kappa shape index (κ3) is 3.79. The summed E-state index contributed by atoms with van der Waals surface area (Å²) in [6, 6.07) is 8.00. The average Bonchev–Trinajstić information content (AvgIpc) is 3.17. The minimum absolute atomic E-state index is 0.351. The second-order valence-corrected chi connectivity index (χ2v) is 10.9. The highest BCUT2D eigenvalue weighted by atomic mass is 32.2. The van der Waals surface area contributed by atoms with Crippen LogP contribution in [0.5, 0.6) is 0 Å². The maximum atomic E-state index is 13.0. The molecule has 0 radical (unpaired) electrons. The van der Waals surface area contributed by atoms with Crippen LogP contribution in [0.15, 0.2) is 34.2 Å². The number of benzene rings is 1. The van der Waals surface area contributed by atoms with E-state index in [9.17, 15) is 8.42 Å². The van der Waals surface area contributed by atoms with Gasteiger partial charge in [-0.25, -0.2) is 13.4 Å². The molecule has 7 heteroatoms. The smallest absolute Gasteiger partial charge is 0.203 e. The Balaban J connectivity index is 1.39. The predicted octanol–water partition coefficient (Wildman–Crippen LogP) is 2.29. The molecule has 1 unspecified atom stereocenters. The summed E-state index contributed by atoms with van der Waals surface area (Å²) in [5.74, 6) is 2.00. The quantitative estimate of drug-likeness (QED) is 0.834. The topological polar surface area (TPSA) is 65.0 Å². The number of nitrogens with zero attached hydrogens (tertiary/aromatic N) is 3. The summed E-state index contributed by atoms with van der Waals surface area (Å²) in [5.41, 5.74) is 1.14. The van der Waals surface area contributed by atoms with E-state index < -0.39 is 15.2 Å². The molecule has 0 spiro atoms. The highest BCUT2D eigenvalue weighted by Crippen LogP contribution is 2.31. The van der Waals surface area contributed by atoms with Gasteiger partial charge >= 0.3 is 0 Å². The van der Waals surface area contributed by atoms with E-state index in [1.807, 2.05) is 12.1 Å². The van der Waals surface area contributed by atoms with Crippen LogP contribution in [0.4, 0.5) is 0 Å². The monoisotopic (exact) mass is 404 g/mol. The average molecular weight is 405 g/mol. The molecule has 2 aliphatic heterocycles. The molecule has 1 aliphatic carbocycles. The summed E-state index contributed by atoms with van der Waals surface area (Å²) < 4.78 is 26.0. The van der Waals surface area contributed by atoms with E-state index in [0.717, 1.165) is 49.7 Å². The Morgan fingerprint density at radius 1 is 1.07 bits per heavy atom. The van der Waals surface area contributed by atoms with Crippen LogP contribution in [-0.4, -0.2) is 68.3 Å². The zero-order chi connectivity index (χ0) is 19.9. The van der Waals surface area contributed by atoms with Crippen molar-refractivity contribution in [3.05, 3.63) is 29.8 Å². The van der Waals surface area contributed by atoms with Gasteiger partial charge in [0.1, 0.15) is 0 Å². The van der Waals surface area contributed by atoms with Gasteiger partial charge in [0.25, 0.3) is 0 Å². The van der Waals surface area contributed by atoms with Crippen molar-refractivity contribution in [3.8, 4) is 0 Å². The second kappa shape index (κ2) is 7.67. The number of sulfone groups is 1. The molecule has 1 aromatic carbocycles. The van der Waals surface area contributed by atoms with E-state index in [1.54, 1.807) is 12.1 Å². The molecular formula is C21H32N4O2S. The summed E-state index contributed by atoms with van der Waals surface area (Å²) in [4.78, 5) is 9.70. The number of guanidine groups is 1. The molecule has 0 bridgehead atoms. The summed E-state index contributed by atoms with van der Waals surface area (Å²) in [6.45, 7) is 10.8. The Morgan fingerprint density at radius 3 is 2.29 bits per heavy atom. The number of rotatable bonds is 4. The first kappa shape index (κ1) is 19.7. The number of aliphatic imine (C=N–C) groups is 1. The molecule has 1 saturated heterocycles. The van der Waals surface area contributed by atoms with Gasteiger partial charge in [0, 0.05) is 32.2 Å². The molecular weight excluding hydrogens is 372 g/mol. The molecule has 2 heterocycles. The minimum atomic E-state index is -3.47. The Bertz CT molecular complexity index is 820. The lowest BCUT2D eigenvalue weighted by molar-refractivity contribution is 0.0550. The molecule has 0 amide bonds. The van der Waals surface area contributed by atoms with Gasteiger partial charge in [0.15, 0.2) is 11.3 Å². The largest absolute Gasteiger partial charge is 0.353 e. The van der Waals surface area contributed by atoms with E-state index >= 15 is 0 Å². The molecule has 28 heavy (non-hydrogen) atoms. The van der Waals surface area contributed by atoms with Gasteiger partial charge < -0.3 is 10.2 Å². The van der Waals surface area contributed by atoms with Crippen molar-refractivity contribution in [2.24, 2.45) is 10.9 Å². The van der Waals surface area contributed by atoms with Crippen molar-refractivity contribution in [2.75, 3.05) is 32.7 Å². The van der Waals surface area contributed by atoms with Crippen molar-refractivity contribution >= 4 is 15.8 Å². The molecule has 1 N–H and O–H groups in total. The number of piperazine rings is 1. The maximum absolute atomic E-state index is 13.0. The molecule has 1 aromatic rings. The highest BCUT2D eigenvalue weighted by Gasteiger charge is 2.36. The molecule has 2 fully saturated rings. The predicted molar refractivity (Wildman–Crippen MR) is 112 cm³/mol. The minimum Gasteiger partial charge on any atom is -0.353 e. The van der Waals surface area contributed by atoms with Gasteiger partial charge in [0.05, 0.1) is 11.4 Å². The van der Waals surface area contributed by atoms with Crippen molar-refractivity contribution in [1.29, 1.82) is 0 Å². The fourth-order valence-corrected chi connectivity index (χ4v) is 5.81. The first-order valence-corrected chi connectivity index (χ1v) is 12.0. The Morgan fingerprint density at radius 2 is 1.71 bits per heavy atom. The van der Waals surface area contributed by atoms with Crippen molar-refractivity contribution in [2.45, 2.75) is 55.8 Å². The van der Waals surface area contributed by atoms with Gasteiger partial charge in [-0.3, -0.25) is 4.90 Å². The summed E-state index contributed by atoms with van der Waals surface area (Å²) in [6.07, 6.45) is 2.63. The molecule has 1 atom stereocenters. The fraction of sp³-hybridized carbons (Fsp3) is 0.667. The van der Waals surface area contributed by atoms with Gasteiger partial charge in [-0.05, 0) is 42.4 Å². The van der Waals surface area contributed by atoms with Gasteiger partial charge in [-0.1, -0.05) is 32.9 Å².